The lowest BCUT2D eigenvalue weighted by molar-refractivity contribution is 0.414. The van der Waals surface area contributed by atoms with Crippen LogP contribution in [0.3, 0.4) is 0 Å². The SMILES string of the molecule is CCN(CC)S(=O)(=O)c1ccc2c(c1)nc(SCc1ccc(OC)cc1)n2CC. The Morgan fingerprint density at radius 1 is 1.07 bits per heavy atom. The molecule has 0 N–H and O–H groups in total. The first kappa shape index (κ1) is 21.7. The lowest BCUT2D eigenvalue weighted by atomic mass is 10.2. The minimum atomic E-state index is -3.50. The van der Waals surface area contributed by atoms with E-state index in [0.29, 0.717) is 23.5 Å². The molecule has 0 amide bonds. The van der Waals surface area contributed by atoms with Gasteiger partial charge in [-0.2, -0.15) is 4.31 Å². The Balaban J connectivity index is 1.90. The molecule has 0 bridgehead atoms. The Kier molecular flexibility index (Phi) is 6.87. The second kappa shape index (κ2) is 9.19. The van der Waals surface area contributed by atoms with Crippen LogP contribution >= 0.6 is 11.8 Å². The number of ether oxygens (including phenoxy) is 1. The average molecular weight is 434 g/mol. The fraction of sp³-hybridized carbons (Fsp3) is 0.381. The maximum Gasteiger partial charge on any atom is 0.243 e. The van der Waals surface area contributed by atoms with Crippen molar-refractivity contribution in [2.24, 2.45) is 0 Å². The van der Waals surface area contributed by atoms with Gasteiger partial charge in [0, 0.05) is 25.4 Å². The summed E-state index contributed by atoms with van der Waals surface area (Å²) < 4.78 is 34.5. The van der Waals surface area contributed by atoms with E-state index in [4.69, 9.17) is 9.72 Å². The van der Waals surface area contributed by atoms with Crippen LogP contribution in [0.5, 0.6) is 5.75 Å². The Hall–Kier alpha value is -2.03. The van der Waals surface area contributed by atoms with Gasteiger partial charge in [0.15, 0.2) is 5.16 Å². The van der Waals surface area contributed by atoms with Crippen molar-refractivity contribution in [1.29, 1.82) is 0 Å². The van der Waals surface area contributed by atoms with E-state index in [1.54, 1.807) is 31.0 Å². The molecule has 156 valence electrons. The Bertz CT molecular complexity index is 1070. The van der Waals surface area contributed by atoms with Gasteiger partial charge in [-0.05, 0) is 42.8 Å². The van der Waals surface area contributed by atoms with Crippen LogP contribution < -0.4 is 4.74 Å². The van der Waals surface area contributed by atoms with Crippen LogP contribution in [0.25, 0.3) is 11.0 Å². The molecule has 0 fully saturated rings. The predicted octanol–water partition coefficient (Wildman–Crippen LogP) is 4.39. The van der Waals surface area contributed by atoms with Crippen molar-refractivity contribution in [3.05, 3.63) is 48.0 Å². The number of hydrogen-bond donors (Lipinski definition) is 0. The molecule has 29 heavy (non-hydrogen) atoms. The van der Waals surface area contributed by atoms with Gasteiger partial charge in [0.05, 0.1) is 23.0 Å². The first-order valence-corrected chi connectivity index (χ1v) is 12.1. The molecule has 0 saturated carbocycles. The molecule has 3 rings (SSSR count). The number of nitrogens with zero attached hydrogens (tertiary/aromatic N) is 3. The van der Waals surface area contributed by atoms with Gasteiger partial charge in [-0.3, -0.25) is 0 Å². The largest absolute Gasteiger partial charge is 0.497 e. The van der Waals surface area contributed by atoms with E-state index in [0.717, 1.165) is 28.7 Å². The van der Waals surface area contributed by atoms with Crippen molar-refractivity contribution in [2.45, 2.75) is 43.1 Å². The zero-order valence-corrected chi connectivity index (χ0v) is 18.9. The van der Waals surface area contributed by atoms with Crippen molar-refractivity contribution < 1.29 is 13.2 Å². The molecule has 2 aromatic carbocycles. The number of aromatic nitrogens is 2. The van der Waals surface area contributed by atoms with Crippen LogP contribution in [0.15, 0.2) is 52.5 Å². The molecular weight excluding hydrogens is 406 g/mol. The van der Waals surface area contributed by atoms with Gasteiger partial charge >= 0.3 is 0 Å². The number of rotatable bonds is 9. The van der Waals surface area contributed by atoms with Crippen molar-refractivity contribution in [2.75, 3.05) is 20.2 Å². The summed E-state index contributed by atoms with van der Waals surface area (Å²) in [6.45, 7) is 7.42. The van der Waals surface area contributed by atoms with Gasteiger partial charge < -0.3 is 9.30 Å². The molecule has 6 nitrogen and oxygen atoms in total. The number of benzene rings is 2. The molecule has 0 unspecified atom stereocenters. The van der Waals surface area contributed by atoms with Crippen LogP contribution in [0.4, 0.5) is 0 Å². The van der Waals surface area contributed by atoms with Crippen molar-refractivity contribution in [1.82, 2.24) is 13.9 Å². The highest BCUT2D eigenvalue weighted by Crippen LogP contribution is 2.29. The number of fused-ring (bicyclic) bond motifs is 1. The fourth-order valence-electron chi connectivity index (χ4n) is 3.25. The summed E-state index contributed by atoms with van der Waals surface area (Å²) in [6, 6.07) is 13.2. The number of sulfonamides is 1. The second-order valence-corrected chi connectivity index (χ2v) is 9.40. The van der Waals surface area contributed by atoms with E-state index >= 15 is 0 Å². The molecule has 0 spiro atoms. The normalized spacial score (nSPS) is 12.0. The topological polar surface area (TPSA) is 64.4 Å². The van der Waals surface area contributed by atoms with E-state index in [-0.39, 0.29) is 0 Å². The first-order valence-electron chi connectivity index (χ1n) is 9.70. The highest BCUT2D eigenvalue weighted by Gasteiger charge is 2.23. The Morgan fingerprint density at radius 3 is 2.34 bits per heavy atom. The van der Waals surface area contributed by atoms with E-state index in [1.165, 1.54) is 9.87 Å². The number of hydrogen-bond acceptors (Lipinski definition) is 5. The van der Waals surface area contributed by atoms with Crippen LogP contribution in [-0.4, -0.2) is 42.5 Å². The van der Waals surface area contributed by atoms with Crippen LogP contribution in [0.2, 0.25) is 0 Å². The van der Waals surface area contributed by atoms with Gasteiger partial charge in [0.1, 0.15) is 5.75 Å². The van der Waals surface area contributed by atoms with E-state index in [9.17, 15) is 8.42 Å². The first-order chi connectivity index (χ1) is 13.9. The van der Waals surface area contributed by atoms with E-state index in [2.05, 4.69) is 11.5 Å². The lowest BCUT2D eigenvalue weighted by Crippen LogP contribution is -2.30. The average Bonchev–Trinajstić information content (AvgIpc) is 3.10. The van der Waals surface area contributed by atoms with Gasteiger partial charge in [0.2, 0.25) is 10.0 Å². The van der Waals surface area contributed by atoms with E-state index < -0.39 is 10.0 Å². The Morgan fingerprint density at radius 2 is 1.76 bits per heavy atom. The molecular formula is C21H27N3O3S2. The lowest BCUT2D eigenvalue weighted by Gasteiger charge is -2.18. The maximum absolute atomic E-state index is 12.8. The van der Waals surface area contributed by atoms with Crippen molar-refractivity contribution in [3.8, 4) is 5.75 Å². The molecule has 0 aliphatic carbocycles. The summed E-state index contributed by atoms with van der Waals surface area (Å²) in [7, 11) is -1.84. The standard InChI is InChI=1S/C21H27N3O3S2/c1-5-23(6-2)29(25,26)18-12-13-20-19(14-18)22-21(24(20)7-3)28-15-16-8-10-17(27-4)11-9-16/h8-14H,5-7,15H2,1-4H3. The Labute approximate surface area is 176 Å². The summed E-state index contributed by atoms with van der Waals surface area (Å²) in [5.41, 5.74) is 2.83. The number of aryl methyl sites for hydroxylation is 1. The van der Waals surface area contributed by atoms with Crippen LogP contribution in [-0.2, 0) is 22.3 Å². The molecule has 0 aliphatic rings. The number of imidazole rings is 1. The summed E-state index contributed by atoms with van der Waals surface area (Å²) in [6.07, 6.45) is 0. The highest BCUT2D eigenvalue weighted by atomic mass is 32.2. The van der Waals surface area contributed by atoms with E-state index in [1.807, 2.05) is 44.2 Å². The third-order valence-electron chi connectivity index (χ3n) is 4.87. The molecule has 1 heterocycles. The van der Waals surface area contributed by atoms with Gasteiger partial charge in [-0.15, -0.1) is 0 Å². The smallest absolute Gasteiger partial charge is 0.243 e. The third-order valence-corrected chi connectivity index (χ3v) is 7.96. The summed E-state index contributed by atoms with van der Waals surface area (Å²) in [4.78, 5) is 5.03. The molecule has 0 aliphatic heterocycles. The zero-order chi connectivity index (χ0) is 21.0. The molecule has 0 radical (unpaired) electrons. The molecule has 0 saturated heterocycles. The molecule has 3 aromatic rings. The molecule has 8 heteroatoms. The molecule has 1 aromatic heterocycles. The van der Waals surface area contributed by atoms with Crippen molar-refractivity contribution >= 4 is 32.8 Å². The monoisotopic (exact) mass is 433 g/mol. The maximum atomic E-state index is 12.8. The minimum Gasteiger partial charge on any atom is -0.497 e. The summed E-state index contributed by atoms with van der Waals surface area (Å²) in [5, 5.41) is 0.885. The predicted molar refractivity (Wildman–Crippen MR) is 118 cm³/mol. The van der Waals surface area contributed by atoms with Gasteiger partial charge in [0.25, 0.3) is 0 Å². The quantitative estimate of drug-likeness (QED) is 0.468. The van der Waals surface area contributed by atoms with Gasteiger partial charge in [-0.25, -0.2) is 13.4 Å². The zero-order valence-electron chi connectivity index (χ0n) is 17.3. The van der Waals surface area contributed by atoms with Crippen molar-refractivity contribution in [3.63, 3.8) is 0 Å². The van der Waals surface area contributed by atoms with Crippen LogP contribution in [0, 0.1) is 0 Å². The highest BCUT2D eigenvalue weighted by molar-refractivity contribution is 7.98. The minimum absolute atomic E-state index is 0.293. The second-order valence-electron chi connectivity index (χ2n) is 6.52. The number of thioether (sulfide) groups is 1. The third kappa shape index (κ3) is 4.44. The van der Waals surface area contributed by atoms with Crippen LogP contribution in [0.1, 0.15) is 26.3 Å². The molecule has 0 atom stereocenters. The summed E-state index contributed by atoms with van der Waals surface area (Å²) in [5.74, 6) is 1.61. The summed E-state index contributed by atoms with van der Waals surface area (Å²) >= 11 is 1.64. The van der Waals surface area contributed by atoms with Gasteiger partial charge in [-0.1, -0.05) is 37.7 Å². The fourth-order valence-corrected chi connectivity index (χ4v) is 5.76. The number of methoxy groups -OCH3 is 1.